The van der Waals surface area contributed by atoms with Gasteiger partial charge in [0.25, 0.3) is 0 Å². The van der Waals surface area contributed by atoms with E-state index in [1.54, 1.807) is 0 Å². The first-order valence-corrected chi connectivity index (χ1v) is 9.51. The van der Waals surface area contributed by atoms with Gasteiger partial charge in [0.05, 0.1) is 0 Å². The zero-order valence-corrected chi connectivity index (χ0v) is 16.3. The number of alkyl carbamates (subject to hydrolysis) is 1. The number of rotatable bonds is 3. The van der Waals surface area contributed by atoms with Crippen molar-refractivity contribution in [2.45, 2.75) is 57.6 Å². The van der Waals surface area contributed by atoms with Crippen LogP contribution in [0.2, 0.25) is 5.02 Å². The molecular weight excluding hydrogens is 346 g/mol. The number of ether oxygens (including phenoxy) is 1. The SMILES string of the molecule is CC(C)(C)OC(=O)NC1CCc2ccccc2C1Cc1ccc(Cl)cc1. The van der Waals surface area contributed by atoms with Crippen molar-refractivity contribution in [2.24, 2.45) is 0 Å². The second kappa shape index (κ2) is 7.71. The van der Waals surface area contributed by atoms with Crippen LogP contribution in [0, 0.1) is 0 Å². The molecule has 2 unspecified atom stereocenters. The first-order chi connectivity index (χ1) is 12.3. The Morgan fingerprint density at radius 3 is 2.54 bits per heavy atom. The van der Waals surface area contributed by atoms with E-state index in [4.69, 9.17) is 16.3 Å². The van der Waals surface area contributed by atoms with E-state index in [9.17, 15) is 4.79 Å². The minimum absolute atomic E-state index is 0.0513. The van der Waals surface area contributed by atoms with Crippen LogP contribution in [0.3, 0.4) is 0 Å². The fraction of sp³-hybridized carbons (Fsp3) is 0.409. The maximum Gasteiger partial charge on any atom is 0.407 e. The minimum atomic E-state index is -0.498. The standard InChI is InChI=1S/C22H26ClNO2/c1-22(2,3)26-21(25)24-20-13-10-16-6-4-5-7-18(16)19(20)14-15-8-11-17(23)12-9-15/h4-9,11-12,19-20H,10,13-14H2,1-3H3,(H,24,25). The Bertz CT molecular complexity index is 764. The Morgan fingerprint density at radius 2 is 1.85 bits per heavy atom. The molecule has 0 heterocycles. The molecule has 3 nitrogen and oxygen atoms in total. The number of amides is 1. The molecule has 0 saturated carbocycles. The highest BCUT2D eigenvalue weighted by molar-refractivity contribution is 6.30. The fourth-order valence-corrected chi connectivity index (χ4v) is 3.74. The van der Waals surface area contributed by atoms with Gasteiger partial charge >= 0.3 is 6.09 Å². The molecule has 1 N–H and O–H groups in total. The molecule has 0 bridgehead atoms. The number of carbonyl (C=O) groups excluding carboxylic acids is 1. The van der Waals surface area contributed by atoms with Crippen LogP contribution >= 0.6 is 11.6 Å². The summed E-state index contributed by atoms with van der Waals surface area (Å²) in [5.41, 5.74) is 3.40. The van der Waals surface area contributed by atoms with E-state index in [2.05, 4.69) is 41.7 Å². The first-order valence-electron chi connectivity index (χ1n) is 9.13. The Balaban J connectivity index is 1.83. The van der Waals surface area contributed by atoms with Gasteiger partial charge in [-0.15, -0.1) is 0 Å². The van der Waals surface area contributed by atoms with E-state index in [0.29, 0.717) is 0 Å². The Hall–Kier alpha value is -2.00. The van der Waals surface area contributed by atoms with Crippen LogP contribution in [0.25, 0.3) is 0 Å². The van der Waals surface area contributed by atoms with Gasteiger partial charge in [-0.05, 0) is 68.9 Å². The van der Waals surface area contributed by atoms with E-state index in [-0.39, 0.29) is 18.1 Å². The monoisotopic (exact) mass is 371 g/mol. The summed E-state index contributed by atoms with van der Waals surface area (Å²) in [6.45, 7) is 5.65. The van der Waals surface area contributed by atoms with Crippen molar-refractivity contribution >= 4 is 17.7 Å². The van der Waals surface area contributed by atoms with Crippen molar-refractivity contribution < 1.29 is 9.53 Å². The number of hydrogen-bond acceptors (Lipinski definition) is 2. The summed E-state index contributed by atoms with van der Waals surface area (Å²) >= 11 is 6.02. The third kappa shape index (κ3) is 4.79. The van der Waals surface area contributed by atoms with Crippen LogP contribution in [0.15, 0.2) is 48.5 Å². The van der Waals surface area contributed by atoms with Gasteiger partial charge in [-0.3, -0.25) is 0 Å². The van der Waals surface area contributed by atoms with Gasteiger partial charge in [-0.2, -0.15) is 0 Å². The highest BCUT2D eigenvalue weighted by Crippen LogP contribution is 2.34. The second-order valence-corrected chi connectivity index (χ2v) is 8.36. The van der Waals surface area contributed by atoms with Gasteiger partial charge in [-0.25, -0.2) is 4.79 Å². The quantitative estimate of drug-likeness (QED) is 0.772. The zero-order valence-electron chi connectivity index (χ0n) is 15.6. The molecule has 2 atom stereocenters. The number of aryl methyl sites for hydroxylation is 1. The maximum absolute atomic E-state index is 12.3. The molecule has 0 aliphatic heterocycles. The number of nitrogens with one attached hydrogen (secondary N) is 1. The molecule has 138 valence electrons. The summed E-state index contributed by atoms with van der Waals surface area (Å²) in [5, 5.41) is 3.85. The van der Waals surface area contributed by atoms with Gasteiger partial charge in [0.2, 0.25) is 0 Å². The predicted octanol–water partition coefficient (Wildman–Crippen LogP) is 5.51. The lowest BCUT2D eigenvalue weighted by Crippen LogP contribution is -2.44. The lowest BCUT2D eigenvalue weighted by atomic mass is 9.76. The van der Waals surface area contributed by atoms with Crippen LogP contribution in [0.5, 0.6) is 0 Å². The molecule has 1 aliphatic rings. The molecule has 1 amide bonds. The highest BCUT2D eigenvalue weighted by Gasteiger charge is 2.31. The third-order valence-electron chi connectivity index (χ3n) is 4.74. The van der Waals surface area contributed by atoms with Gasteiger partial charge in [0, 0.05) is 17.0 Å². The van der Waals surface area contributed by atoms with Crippen molar-refractivity contribution in [3.8, 4) is 0 Å². The average molecular weight is 372 g/mol. The van der Waals surface area contributed by atoms with E-state index in [1.165, 1.54) is 16.7 Å². The molecule has 2 aromatic carbocycles. The summed E-state index contributed by atoms with van der Waals surface area (Å²) in [6.07, 6.45) is 2.39. The molecule has 0 radical (unpaired) electrons. The van der Waals surface area contributed by atoms with Crippen molar-refractivity contribution in [1.82, 2.24) is 5.32 Å². The molecule has 0 saturated heterocycles. The summed E-state index contributed by atoms with van der Waals surface area (Å²) < 4.78 is 5.48. The molecule has 3 rings (SSSR count). The van der Waals surface area contributed by atoms with E-state index in [0.717, 1.165) is 24.3 Å². The normalized spacial score (nSPS) is 19.5. The third-order valence-corrected chi connectivity index (χ3v) is 4.99. The first kappa shape index (κ1) is 18.8. The summed E-state index contributed by atoms with van der Waals surface area (Å²) in [6, 6.07) is 16.5. The van der Waals surface area contributed by atoms with Crippen molar-refractivity contribution in [2.75, 3.05) is 0 Å². The van der Waals surface area contributed by atoms with Crippen LogP contribution in [-0.4, -0.2) is 17.7 Å². The van der Waals surface area contributed by atoms with Gasteiger partial charge in [0.1, 0.15) is 5.60 Å². The van der Waals surface area contributed by atoms with Crippen molar-refractivity contribution in [3.05, 3.63) is 70.2 Å². The van der Waals surface area contributed by atoms with E-state index >= 15 is 0 Å². The topological polar surface area (TPSA) is 38.3 Å². The van der Waals surface area contributed by atoms with Gasteiger partial charge in [-0.1, -0.05) is 48.0 Å². The predicted molar refractivity (Wildman–Crippen MR) is 106 cm³/mol. The van der Waals surface area contributed by atoms with Crippen molar-refractivity contribution in [1.29, 1.82) is 0 Å². The smallest absolute Gasteiger partial charge is 0.407 e. The van der Waals surface area contributed by atoms with E-state index in [1.807, 2.05) is 32.9 Å². The Labute approximate surface area is 160 Å². The number of halogens is 1. The number of benzene rings is 2. The van der Waals surface area contributed by atoms with E-state index < -0.39 is 5.60 Å². The number of fused-ring (bicyclic) bond motifs is 1. The van der Waals surface area contributed by atoms with Crippen molar-refractivity contribution in [3.63, 3.8) is 0 Å². The average Bonchev–Trinajstić information content (AvgIpc) is 2.57. The largest absolute Gasteiger partial charge is 0.444 e. The minimum Gasteiger partial charge on any atom is -0.444 e. The molecule has 0 spiro atoms. The Kier molecular flexibility index (Phi) is 5.57. The lowest BCUT2D eigenvalue weighted by molar-refractivity contribution is 0.0491. The second-order valence-electron chi connectivity index (χ2n) is 7.93. The van der Waals surface area contributed by atoms with Crippen LogP contribution in [0.4, 0.5) is 4.79 Å². The number of carbonyl (C=O) groups is 1. The van der Waals surface area contributed by atoms with Crippen LogP contribution in [0.1, 0.15) is 49.8 Å². The summed E-state index contributed by atoms with van der Waals surface area (Å²) in [5.74, 6) is 0.216. The van der Waals surface area contributed by atoms with Crippen LogP contribution < -0.4 is 5.32 Å². The van der Waals surface area contributed by atoms with Gasteiger partial charge in [0.15, 0.2) is 0 Å². The molecule has 4 heteroatoms. The van der Waals surface area contributed by atoms with Crippen LogP contribution in [-0.2, 0) is 17.6 Å². The molecule has 1 aliphatic carbocycles. The highest BCUT2D eigenvalue weighted by atomic mass is 35.5. The lowest BCUT2D eigenvalue weighted by Gasteiger charge is -2.35. The van der Waals surface area contributed by atoms with Gasteiger partial charge < -0.3 is 10.1 Å². The maximum atomic E-state index is 12.3. The molecule has 26 heavy (non-hydrogen) atoms. The zero-order chi connectivity index (χ0) is 18.7. The molecule has 0 fully saturated rings. The molecule has 2 aromatic rings. The number of hydrogen-bond donors (Lipinski definition) is 1. The summed E-state index contributed by atoms with van der Waals surface area (Å²) in [4.78, 5) is 12.3. The Morgan fingerprint density at radius 1 is 1.15 bits per heavy atom. The summed E-state index contributed by atoms with van der Waals surface area (Å²) in [7, 11) is 0. The molecular formula is C22H26ClNO2. The fourth-order valence-electron chi connectivity index (χ4n) is 3.61. The molecule has 0 aromatic heterocycles.